The number of benzene rings is 1. The van der Waals surface area contributed by atoms with E-state index in [-0.39, 0.29) is 41.4 Å². The second kappa shape index (κ2) is 11.0. The Bertz CT molecular complexity index is 1090. The van der Waals surface area contributed by atoms with Crippen molar-refractivity contribution in [2.45, 2.75) is 90.8 Å². The molecule has 7 nitrogen and oxygen atoms in total. The monoisotopic (exact) mass is 480 g/mol. The summed E-state index contributed by atoms with van der Waals surface area (Å²) in [6.45, 7) is 6.73. The SMILES string of the molecule is CNC(C)C(=O)CC(C(=O)N1CCCC1Cn1nc(C(C)=O)c2cc(C)ccc21)C1CCCCC1. The number of nitrogens with zero attached hydrogens (tertiary/aromatic N) is 3. The normalized spacial score (nSPS) is 20.8. The number of ketones is 2. The first-order valence-corrected chi connectivity index (χ1v) is 13.3. The number of hydrogen-bond acceptors (Lipinski definition) is 5. The number of amides is 1. The van der Waals surface area contributed by atoms with Gasteiger partial charge < -0.3 is 10.2 Å². The van der Waals surface area contributed by atoms with E-state index in [1.807, 2.05) is 41.6 Å². The van der Waals surface area contributed by atoms with Crippen molar-refractivity contribution in [1.82, 2.24) is 20.0 Å². The molecular weight excluding hydrogens is 440 g/mol. The third-order valence-corrected chi connectivity index (χ3v) is 8.16. The fraction of sp³-hybridized carbons (Fsp3) is 0.643. The lowest BCUT2D eigenvalue weighted by molar-refractivity contribution is -0.141. The zero-order chi connectivity index (χ0) is 25.1. The summed E-state index contributed by atoms with van der Waals surface area (Å²) in [6.07, 6.45) is 7.73. The van der Waals surface area contributed by atoms with Crippen LogP contribution in [-0.2, 0) is 16.1 Å². The number of Topliss-reactive ketones (excluding diaryl/α,β-unsaturated/α-hetero) is 2. The van der Waals surface area contributed by atoms with E-state index < -0.39 is 0 Å². The van der Waals surface area contributed by atoms with Crippen LogP contribution >= 0.6 is 0 Å². The van der Waals surface area contributed by atoms with Crippen LogP contribution in [0.2, 0.25) is 0 Å². The number of nitrogens with one attached hydrogen (secondary N) is 1. The lowest BCUT2D eigenvalue weighted by Crippen LogP contribution is -2.45. The summed E-state index contributed by atoms with van der Waals surface area (Å²) in [7, 11) is 1.79. The molecule has 4 rings (SSSR count). The first-order chi connectivity index (χ1) is 16.8. The molecule has 1 saturated heterocycles. The summed E-state index contributed by atoms with van der Waals surface area (Å²) in [4.78, 5) is 41.1. The number of rotatable bonds is 9. The summed E-state index contributed by atoms with van der Waals surface area (Å²) in [5.41, 5.74) is 2.52. The molecule has 3 atom stereocenters. The maximum atomic E-state index is 14.0. The standard InChI is InChI=1S/C28H40N4O3/c1-18-12-13-25-24(15-18)27(20(3)33)30-32(25)17-22-11-8-14-31(22)28(35)23(16-26(34)19(2)29-4)21-9-6-5-7-10-21/h12-13,15,19,21-23,29H,5-11,14,16-17H2,1-4H3. The molecule has 0 radical (unpaired) electrons. The van der Waals surface area contributed by atoms with Gasteiger partial charge in [-0.05, 0) is 64.6 Å². The van der Waals surface area contributed by atoms with Crippen LogP contribution in [0.4, 0.5) is 0 Å². The Morgan fingerprint density at radius 3 is 2.54 bits per heavy atom. The number of fused-ring (bicyclic) bond motifs is 1. The third kappa shape index (κ3) is 5.50. The maximum absolute atomic E-state index is 14.0. The summed E-state index contributed by atoms with van der Waals surface area (Å²) < 4.78 is 1.91. The van der Waals surface area contributed by atoms with Crippen molar-refractivity contribution in [3.05, 3.63) is 29.5 Å². The molecule has 1 saturated carbocycles. The Morgan fingerprint density at radius 2 is 1.86 bits per heavy atom. The van der Waals surface area contributed by atoms with E-state index in [2.05, 4.69) is 10.4 Å². The van der Waals surface area contributed by atoms with Crippen LogP contribution in [0.3, 0.4) is 0 Å². The molecule has 1 aliphatic carbocycles. The predicted molar refractivity (Wildman–Crippen MR) is 137 cm³/mol. The van der Waals surface area contributed by atoms with Crippen molar-refractivity contribution in [2.24, 2.45) is 11.8 Å². The summed E-state index contributed by atoms with van der Waals surface area (Å²) in [5, 5.41) is 8.59. The molecule has 1 aliphatic heterocycles. The van der Waals surface area contributed by atoms with Gasteiger partial charge in [0.2, 0.25) is 5.91 Å². The highest BCUT2D eigenvalue weighted by Crippen LogP contribution is 2.35. The Morgan fingerprint density at radius 1 is 1.11 bits per heavy atom. The van der Waals surface area contributed by atoms with Gasteiger partial charge in [0, 0.05) is 31.2 Å². The minimum absolute atomic E-state index is 0.0228. The Hall–Kier alpha value is -2.54. The van der Waals surface area contributed by atoms with Crippen LogP contribution < -0.4 is 5.32 Å². The number of aryl methyl sites for hydroxylation is 1. The highest BCUT2D eigenvalue weighted by atomic mass is 16.2. The van der Waals surface area contributed by atoms with Crippen molar-refractivity contribution < 1.29 is 14.4 Å². The summed E-state index contributed by atoms with van der Waals surface area (Å²) >= 11 is 0. The van der Waals surface area contributed by atoms with Gasteiger partial charge in [-0.15, -0.1) is 0 Å². The fourth-order valence-corrected chi connectivity index (χ4v) is 5.97. The number of aromatic nitrogens is 2. The minimum Gasteiger partial charge on any atom is -0.338 e. The number of carbonyl (C=O) groups excluding carboxylic acids is 3. The molecule has 3 unspecified atom stereocenters. The Labute approximate surface area is 208 Å². The molecule has 0 spiro atoms. The third-order valence-electron chi connectivity index (χ3n) is 8.16. The second-order valence-electron chi connectivity index (χ2n) is 10.6. The van der Waals surface area contributed by atoms with Gasteiger partial charge in [0.1, 0.15) is 11.5 Å². The molecule has 7 heteroatoms. The van der Waals surface area contributed by atoms with Gasteiger partial charge in [-0.1, -0.05) is 30.9 Å². The molecule has 1 aromatic carbocycles. The van der Waals surface area contributed by atoms with Crippen LogP contribution in [0.25, 0.3) is 10.9 Å². The van der Waals surface area contributed by atoms with Crippen LogP contribution in [0.5, 0.6) is 0 Å². The van der Waals surface area contributed by atoms with Crippen molar-refractivity contribution in [2.75, 3.05) is 13.6 Å². The average Bonchev–Trinajstić information content (AvgIpc) is 3.46. The molecule has 2 fully saturated rings. The first kappa shape index (κ1) is 25.5. The van der Waals surface area contributed by atoms with Crippen molar-refractivity contribution in [3.8, 4) is 0 Å². The first-order valence-electron chi connectivity index (χ1n) is 13.3. The van der Waals surface area contributed by atoms with Crippen molar-refractivity contribution in [1.29, 1.82) is 0 Å². The quantitative estimate of drug-likeness (QED) is 0.541. The van der Waals surface area contributed by atoms with Gasteiger partial charge in [0.15, 0.2) is 5.78 Å². The van der Waals surface area contributed by atoms with E-state index in [9.17, 15) is 14.4 Å². The zero-order valence-electron chi connectivity index (χ0n) is 21.7. The smallest absolute Gasteiger partial charge is 0.226 e. The minimum atomic E-state index is -0.246. The van der Waals surface area contributed by atoms with E-state index in [0.29, 0.717) is 18.7 Å². The van der Waals surface area contributed by atoms with E-state index >= 15 is 0 Å². The van der Waals surface area contributed by atoms with Crippen LogP contribution in [0, 0.1) is 18.8 Å². The molecular formula is C28H40N4O3. The van der Waals surface area contributed by atoms with Crippen LogP contribution in [-0.4, -0.2) is 57.8 Å². The van der Waals surface area contributed by atoms with Gasteiger partial charge in [-0.2, -0.15) is 5.10 Å². The number of hydrogen-bond donors (Lipinski definition) is 1. The highest BCUT2D eigenvalue weighted by Gasteiger charge is 2.39. The molecule has 2 heterocycles. The van der Waals surface area contributed by atoms with E-state index in [1.54, 1.807) is 14.0 Å². The molecule has 0 bridgehead atoms. The molecule has 2 aliphatic rings. The Kier molecular flexibility index (Phi) is 8.05. The molecule has 190 valence electrons. The number of carbonyl (C=O) groups is 3. The molecule has 35 heavy (non-hydrogen) atoms. The summed E-state index contributed by atoms with van der Waals surface area (Å²) in [6, 6.07) is 5.85. The van der Waals surface area contributed by atoms with Gasteiger partial charge in [-0.3, -0.25) is 19.1 Å². The lowest BCUT2D eigenvalue weighted by Gasteiger charge is -2.35. The van der Waals surface area contributed by atoms with Gasteiger partial charge in [-0.25, -0.2) is 0 Å². The van der Waals surface area contributed by atoms with Gasteiger partial charge in [0.25, 0.3) is 0 Å². The fourth-order valence-electron chi connectivity index (χ4n) is 5.97. The zero-order valence-corrected chi connectivity index (χ0v) is 21.7. The molecule has 1 N–H and O–H groups in total. The maximum Gasteiger partial charge on any atom is 0.226 e. The second-order valence-corrected chi connectivity index (χ2v) is 10.6. The van der Waals surface area contributed by atoms with E-state index in [0.717, 1.165) is 61.5 Å². The van der Waals surface area contributed by atoms with Crippen LogP contribution in [0.15, 0.2) is 18.2 Å². The topological polar surface area (TPSA) is 84.3 Å². The van der Waals surface area contributed by atoms with E-state index in [1.165, 1.54) is 6.42 Å². The molecule has 1 aromatic heterocycles. The van der Waals surface area contributed by atoms with Crippen molar-refractivity contribution >= 4 is 28.4 Å². The van der Waals surface area contributed by atoms with Crippen molar-refractivity contribution in [3.63, 3.8) is 0 Å². The van der Waals surface area contributed by atoms with E-state index in [4.69, 9.17) is 0 Å². The average molecular weight is 481 g/mol. The predicted octanol–water partition coefficient (Wildman–Crippen LogP) is 4.30. The number of likely N-dealkylation sites (tertiary alicyclic amines) is 1. The highest BCUT2D eigenvalue weighted by molar-refractivity contribution is 6.05. The van der Waals surface area contributed by atoms with Gasteiger partial charge in [0.05, 0.1) is 24.1 Å². The largest absolute Gasteiger partial charge is 0.338 e. The van der Waals surface area contributed by atoms with Crippen LogP contribution in [0.1, 0.15) is 81.3 Å². The lowest BCUT2D eigenvalue weighted by atomic mass is 9.76. The number of likely N-dealkylation sites (N-methyl/N-ethyl adjacent to an activating group) is 1. The Balaban J connectivity index is 1.58. The summed E-state index contributed by atoms with van der Waals surface area (Å²) in [5.74, 6) is 0.238. The van der Waals surface area contributed by atoms with Gasteiger partial charge >= 0.3 is 0 Å². The molecule has 1 amide bonds. The molecule has 2 aromatic rings.